The summed E-state index contributed by atoms with van der Waals surface area (Å²) >= 11 is 0. The summed E-state index contributed by atoms with van der Waals surface area (Å²) in [6.45, 7) is 1.45. The van der Waals surface area contributed by atoms with Crippen molar-refractivity contribution in [1.29, 1.82) is 0 Å². The Labute approximate surface area is 81.8 Å². The number of aliphatic hydroxyl groups is 2. The standard InChI is InChI=1S/C8H15NO5/c1-5(11)9-14-6-2-3-13-7(4-10)8(6)12/h6-8,10,12H,2-4H2,1H3,(H,9,11)/t6-,7-,8-/m1/s1. The SMILES string of the molecule is CC(=O)NO[C@@H]1CCO[C@H](CO)[C@@H]1O. The van der Waals surface area contributed by atoms with Crippen molar-refractivity contribution < 1.29 is 24.6 Å². The molecule has 3 N–H and O–H groups in total. The molecule has 0 spiro atoms. The van der Waals surface area contributed by atoms with Gasteiger partial charge in [0, 0.05) is 20.0 Å². The molecule has 0 unspecified atom stereocenters. The topological polar surface area (TPSA) is 88.0 Å². The van der Waals surface area contributed by atoms with E-state index in [1.165, 1.54) is 6.92 Å². The number of ether oxygens (including phenoxy) is 1. The van der Waals surface area contributed by atoms with Crippen molar-refractivity contribution >= 4 is 5.91 Å². The van der Waals surface area contributed by atoms with Gasteiger partial charge in [-0.1, -0.05) is 0 Å². The van der Waals surface area contributed by atoms with Gasteiger partial charge in [-0.15, -0.1) is 0 Å². The van der Waals surface area contributed by atoms with Crippen LogP contribution in [0, 0.1) is 0 Å². The molecule has 82 valence electrons. The Morgan fingerprint density at radius 2 is 2.43 bits per heavy atom. The van der Waals surface area contributed by atoms with Gasteiger partial charge in [-0.25, -0.2) is 5.48 Å². The van der Waals surface area contributed by atoms with Crippen LogP contribution in [0.4, 0.5) is 0 Å². The van der Waals surface area contributed by atoms with Crippen molar-refractivity contribution in [3.05, 3.63) is 0 Å². The summed E-state index contributed by atoms with van der Waals surface area (Å²) in [5.74, 6) is -0.329. The van der Waals surface area contributed by atoms with Gasteiger partial charge in [-0.3, -0.25) is 9.63 Å². The summed E-state index contributed by atoms with van der Waals surface area (Å²) in [6.07, 6.45) is -1.59. The first-order chi connectivity index (χ1) is 6.65. The minimum absolute atomic E-state index is 0.263. The van der Waals surface area contributed by atoms with E-state index in [-0.39, 0.29) is 12.5 Å². The van der Waals surface area contributed by atoms with Gasteiger partial charge in [-0.05, 0) is 0 Å². The van der Waals surface area contributed by atoms with Crippen molar-refractivity contribution in [2.45, 2.75) is 31.7 Å². The fourth-order valence-electron chi connectivity index (χ4n) is 1.29. The lowest BCUT2D eigenvalue weighted by Crippen LogP contribution is -2.49. The molecule has 1 saturated heterocycles. The minimum Gasteiger partial charge on any atom is -0.394 e. The van der Waals surface area contributed by atoms with E-state index in [4.69, 9.17) is 14.7 Å². The molecule has 0 aliphatic carbocycles. The molecular formula is C8H15NO5. The van der Waals surface area contributed by atoms with Crippen LogP contribution in [0.5, 0.6) is 0 Å². The van der Waals surface area contributed by atoms with Crippen LogP contribution in [-0.4, -0.2) is 47.6 Å². The summed E-state index contributed by atoms with van der Waals surface area (Å²) < 4.78 is 5.08. The maximum absolute atomic E-state index is 10.5. The summed E-state index contributed by atoms with van der Waals surface area (Å²) in [7, 11) is 0. The Balaban J connectivity index is 2.39. The largest absolute Gasteiger partial charge is 0.394 e. The lowest BCUT2D eigenvalue weighted by atomic mass is 10.0. The third kappa shape index (κ3) is 2.91. The molecule has 0 saturated carbocycles. The number of aliphatic hydroxyl groups excluding tert-OH is 2. The molecule has 0 aromatic heterocycles. The second-order valence-corrected chi connectivity index (χ2v) is 3.19. The number of amides is 1. The van der Waals surface area contributed by atoms with Gasteiger partial charge in [0.1, 0.15) is 18.3 Å². The van der Waals surface area contributed by atoms with Crippen molar-refractivity contribution in [3.8, 4) is 0 Å². The van der Waals surface area contributed by atoms with E-state index in [2.05, 4.69) is 5.48 Å². The molecule has 0 bridgehead atoms. The van der Waals surface area contributed by atoms with Gasteiger partial charge in [0.25, 0.3) is 0 Å². The Kier molecular flexibility index (Phi) is 4.27. The van der Waals surface area contributed by atoms with E-state index < -0.39 is 18.3 Å². The third-order valence-electron chi connectivity index (χ3n) is 2.03. The first kappa shape index (κ1) is 11.4. The monoisotopic (exact) mass is 205 g/mol. The fraction of sp³-hybridized carbons (Fsp3) is 0.875. The molecule has 0 aromatic rings. The summed E-state index contributed by atoms with van der Waals surface area (Å²) in [6, 6.07) is 0. The van der Waals surface area contributed by atoms with E-state index in [1.807, 2.05) is 0 Å². The number of carbonyl (C=O) groups is 1. The van der Waals surface area contributed by atoms with Crippen LogP contribution in [0.15, 0.2) is 0 Å². The van der Waals surface area contributed by atoms with Gasteiger partial charge >= 0.3 is 0 Å². The van der Waals surface area contributed by atoms with Gasteiger partial charge in [0.15, 0.2) is 0 Å². The van der Waals surface area contributed by atoms with Gasteiger partial charge in [-0.2, -0.15) is 0 Å². The zero-order chi connectivity index (χ0) is 10.6. The molecule has 1 aliphatic rings. The molecule has 3 atom stereocenters. The normalized spacial score (nSPS) is 32.6. The van der Waals surface area contributed by atoms with Crippen molar-refractivity contribution in [2.75, 3.05) is 13.2 Å². The van der Waals surface area contributed by atoms with Crippen LogP contribution >= 0.6 is 0 Å². The van der Waals surface area contributed by atoms with Crippen LogP contribution < -0.4 is 5.48 Å². The van der Waals surface area contributed by atoms with E-state index in [0.29, 0.717) is 13.0 Å². The molecular weight excluding hydrogens is 190 g/mol. The second-order valence-electron chi connectivity index (χ2n) is 3.19. The third-order valence-corrected chi connectivity index (χ3v) is 2.03. The Bertz CT molecular complexity index is 198. The predicted octanol–water partition coefficient (Wildman–Crippen LogP) is -1.44. The number of nitrogens with one attached hydrogen (secondary N) is 1. The number of carbonyl (C=O) groups excluding carboxylic acids is 1. The molecule has 14 heavy (non-hydrogen) atoms. The molecule has 0 radical (unpaired) electrons. The maximum atomic E-state index is 10.5. The highest BCUT2D eigenvalue weighted by molar-refractivity contribution is 5.71. The second kappa shape index (κ2) is 5.26. The molecule has 0 aromatic carbocycles. The molecule has 6 nitrogen and oxygen atoms in total. The average molecular weight is 205 g/mol. The van der Waals surface area contributed by atoms with Crippen LogP contribution in [-0.2, 0) is 14.4 Å². The van der Waals surface area contributed by atoms with Crippen molar-refractivity contribution in [1.82, 2.24) is 5.48 Å². The molecule has 1 heterocycles. The molecule has 1 amide bonds. The quantitative estimate of drug-likeness (QED) is 0.491. The van der Waals surface area contributed by atoms with E-state index in [9.17, 15) is 9.90 Å². The zero-order valence-electron chi connectivity index (χ0n) is 7.97. The van der Waals surface area contributed by atoms with Crippen molar-refractivity contribution in [2.24, 2.45) is 0 Å². The first-order valence-electron chi connectivity index (χ1n) is 4.48. The Morgan fingerprint density at radius 1 is 1.71 bits per heavy atom. The van der Waals surface area contributed by atoms with Gasteiger partial charge in [0.05, 0.1) is 6.61 Å². The Morgan fingerprint density at radius 3 is 3.00 bits per heavy atom. The number of hydrogen-bond acceptors (Lipinski definition) is 5. The maximum Gasteiger partial charge on any atom is 0.240 e. The van der Waals surface area contributed by atoms with E-state index in [1.54, 1.807) is 0 Å². The molecule has 6 heteroatoms. The van der Waals surface area contributed by atoms with E-state index in [0.717, 1.165) is 0 Å². The molecule has 1 fully saturated rings. The van der Waals surface area contributed by atoms with Crippen molar-refractivity contribution in [3.63, 3.8) is 0 Å². The lowest BCUT2D eigenvalue weighted by Gasteiger charge is -2.32. The van der Waals surface area contributed by atoms with E-state index >= 15 is 0 Å². The number of hydrogen-bond donors (Lipinski definition) is 3. The smallest absolute Gasteiger partial charge is 0.240 e. The van der Waals surface area contributed by atoms with Crippen LogP contribution in [0.25, 0.3) is 0 Å². The van der Waals surface area contributed by atoms with Crippen LogP contribution in [0.1, 0.15) is 13.3 Å². The molecule has 1 rings (SSSR count). The minimum atomic E-state index is -0.916. The first-order valence-corrected chi connectivity index (χ1v) is 4.48. The highest BCUT2D eigenvalue weighted by Crippen LogP contribution is 2.16. The molecule has 1 aliphatic heterocycles. The predicted molar refractivity (Wildman–Crippen MR) is 46.1 cm³/mol. The number of rotatable bonds is 3. The van der Waals surface area contributed by atoms with Crippen LogP contribution in [0.2, 0.25) is 0 Å². The summed E-state index contributed by atoms with van der Waals surface area (Å²) in [4.78, 5) is 15.5. The zero-order valence-corrected chi connectivity index (χ0v) is 7.97. The summed E-state index contributed by atoms with van der Waals surface area (Å²) in [5, 5.41) is 18.4. The summed E-state index contributed by atoms with van der Waals surface area (Å²) in [5.41, 5.74) is 2.15. The van der Waals surface area contributed by atoms with Crippen LogP contribution in [0.3, 0.4) is 0 Å². The van der Waals surface area contributed by atoms with Gasteiger partial charge in [0.2, 0.25) is 5.91 Å². The highest BCUT2D eigenvalue weighted by Gasteiger charge is 2.33. The average Bonchev–Trinajstić information content (AvgIpc) is 2.16. The lowest BCUT2D eigenvalue weighted by molar-refractivity contribution is -0.187. The fourth-order valence-corrected chi connectivity index (χ4v) is 1.29. The highest BCUT2D eigenvalue weighted by atomic mass is 16.7. The Hall–Kier alpha value is -0.690. The number of hydroxylamine groups is 1. The van der Waals surface area contributed by atoms with Gasteiger partial charge < -0.3 is 14.9 Å².